The second-order valence-corrected chi connectivity index (χ2v) is 6.53. The van der Waals surface area contributed by atoms with E-state index in [0.717, 1.165) is 16.5 Å². The minimum Gasteiger partial charge on any atom is -0.495 e. The summed E-state index contributed by atoms with van der Waals surface area (Å²) in [6, 6.07) is 10.8. The molecule has 0 fully saturated rings. The van der Waals surface area contributed by atoms with Crippen LogP contribution in [0.15, 0.2) is 47.1 Å². The second kappa shape index (κ2) is 8.13. The fraction of sp³-hybridized carbons (Fsp3) is 0.158. The number of hydrogen-bond acceptors (Lipinski definition) is 4. The predicted molar refractivity (Wildman–Crippen MR) is 105 cm³/mol. The summed E-state index contributed by atoms with van der Waals surface area (Å²) in [6.45, 7) is 0. The molecule has 0 unspecified atom stereocenters. The Labute approximate surface area is 164 Å². The lowest BCUT2D eigenvalue weighted by atomic mass is 10.1. The molecule has 0 radical (unpaired) electrons. The molecule has 1 heterocycles. The first-order chi connectivity index (χ1) is 13.0. The number of para-hydroxylation sites is 1. The van der Waals surface area contributed by atoms with Crippen molar-refractivity contribution in [3.8, 4) is 11.5 Å². The van der Waals surface area contributed by atoms with Crippen molar-refractivity contribution in [1.82, 2.24) is 15.8 Å². The van der Waals surface area contributed by atoms with Gasteiger partial charge in [0.2, 0.25) is 5.91 Å². The fourth-order valence-corrected chi connectivity index (χ4v) is 3.25. The molecule has 0 spiro atoms. The Hall–Kier alpha value is -3.00. The van der Waals surface area contributed by atoms with E-state index in [1.807, 2.05) is 24.3 Å². The van der Waals surface area contributed by atoms with Gasteiger partial charge in [-0.25, -0.2) is 0 Å². The average molecular weight is 432 g/mol. The van der Waals surface area contributed by atoms with Gasteiger partial charge in [0, 0.05) is 22.7 Å². The third kappa shape index (κ3) is 4.06. The van der Waals surface area contributed by atoms with E-state index in [-0.39, 0.29) is 12.3 Å². The molecule has 0 atom stereocenters. The number of H-pyrrole nitrogens is 1. The first-order valence-electron chi connectivity index (χ1n) is 8.09. The summed E-state index contributed by atoms with van der Waals surface area (Å²) in [5, 5.41) is 0.973. The maximum Gasteiger partial charge on any atom is 0.269 e. The zero-order valence-electron chi connectivity index (χ0n) is 14.8. The van der Waals surface area contributed by atoms with Gasteiger partial charge in [-0.1, -0.05) is 18.2 Å². The zero-order chi connectivity index (χ0) is 19.4. The number of nitrogens with one attached hydrogen (secondary N) is 3. The van der Waals surface area contributed by atoms with Gasteiger partial charge in [0.1, 0.15) is 16.0 Å². The van der Waals surface area contributed by atoms with Gasteiger partial charge in [0.25, 0.3) is 5.91 Å². The van der Waals surface area contributed by atoms with E-state index in [4.69, 9.17) is 9.47 Å². The molecule has 0 aliphatic rings. The van der Waals surface area contributed by atoms with Crippen LogP contribution in [0.5, 0.6) is 11.5 Å². The molecule has 27 heavy (non-hydrogen) atoms. The second-order valence-electron chi connectivity index (χ2n) is 5.73. The average Bonchev–Trinajstić information content (AvgIpc) is 3.09. The molecule has 3 N–H and O–H groups in total. The fourth-order valence-electron chi connectivity index (χ4n) is 2.69. The number of aromatic amines is 1. The molecule has 0 saturated carbocycles. The molecule has 8 heteroatoms. The third-order valence-electron chi connectivity index (χ3n) is 4.05. The van der Waals surface area contributed by atoms with Crippen LogP contribution < -0.4 is 20.3 Å². The standard InChI is InChI=1S/C19H18BrN3O4/c1-26-15-7-11(8-16(27-2)18(15)20)19(25)23-22-17(24)9-12-10-21-14-6-4-3-5-13(12)14/h3-8,10,21H,9H2,1-2H3,(H,22,24)(H,23,25). The van der Waals surface area contributed by atoms with Crippen molar-refractivity contribution in [2.75, 3.05) is 14.2 Å². The number of amides is 2. The Bertz CT molecular complexity index is 975. The number of hydrogen-bond donors (Lipinski definition) is 3. The summed E-state index contributed by atoms with van der Waals surface area (Å²) in [5.74, 6) is 0.0877. The van der Waals surface area contributed by atoms with Gasteiger partial charge in [-0.15, -0.1) is 0 Å². The van der Waals surface area contributed by atoms with E-state index >= 15 is 0 Å². The number of hydrazine groups is 1. The molecule has 0 aliphatic heterocycles. The summed E-state index contributed by atoms with van der Waals surface area (Å²) in [7, 11) is 2.98. The normalized spacial score (nSPS) is 10.5. The maximum atomic E-state index is 12.4. The SMILES string of the molecule is COc1cc(C(=O)NNC(=O)Cc2c[nH]c3ccccc23)cc(OC)c1Br. The minimum absolute atomic E-state index is 0.136. The predicted octanol–water partition coefficient (Wildman–Crippen LogP) is 2.95. The Balaban J connectivity index is 1.66. The Morgan fingerprint density at radius 3 is 2.41 bits per heavy atom. The highest BCUT2D eigenvalue weighted by Crippen LogP contribution is 2.35. The van der Waals surface area contributed by atoms with Crippen molar-refractivity contribution in [2.24, 2.45) is 0 Å². The molecule has 0 bridgehead atoms. The number of fused-ring (bicyclic) bond motifs is 1. The lowest BCUT2D eigenvalue weighted by Crippen LogP contribution is -2.42. The van der Waals surface area contributed by atoms with Crippen molar-refractivity contribution < 1.29 is 19.1 Å². The number of rotatable bonds is 5. The largest absolute Gasteiger partial charge is 0.495 e. The van der Waals surface area contributed by atoms with Gasteiger partial charge in [0.05, 0.1) is 20.6 Å². The first-order valence-corrected chi connectivity index (χ1v) is 8.88. The van der Waals surface area contributed by atoms with E-state index < -0.39 is 5.91 Å². The Kier molecular flexibility index (Phi) is 5.66. The molecule has 3 aromatic rings. The lowest BCUT2D eigenvalue weighted by Gasteiger charge is -2.12. The van der Waals surface area contributed by atoms with Crippen molar-refractivity contribution in [2.45, 2.75) is 6.42 Å². The first kappa shape index (κ1) is 18.8. The molecule has 7 nitrogen and oxygen atoms in total. The van der Waals surface area contributed by atoms with E-state index in [9.17, 15) is 9.59 Å². The smallest absolute Gasteiger partial charge is 0.269 e. The quantitative estimate of drug-likeness (QED) is 0.541. The molecular formula is C19H18BrN3O4. The van der Waals surface area contributed by atoms with Crippen molar-refractivity contribution >= 4 is 38.6 Å². The summed E-state index contributed by atoms with van der Waals surface area (Å²) in [5.41, 5.74) is 6.93. The zero-order valence-corrected chi connectivity index (χ0v) is 16.3. The van der Waals surface area contributed by atoms with Crippen LogP contribution in [0, 0.1) is 0 Å². The van der Waals surface area contributed by atoms with E-state index in [1.165, 1.54) is 14.2 Å². The van der Waals surface area contributed by atoms with Crippen LogP contribution in [-0.4, -0.2) is 31.0 Å². The number of carbonyl (C=O) groups is 2. The van der Waals surface area contributed by atoms with Gasteiger partial charge in [-0.05, 0) is 39.7 Å². The van der Waals surface area contributed by atoms with Crippen LogP contribution in [0.4, 0.5) is 0 Å². The van der Waals surface area contributed by atoms with Crippen molar-refractivity contribution in [3.05, 3.63) is 58.2 Å². The van der Waals surface area contributed by atoms with Gasteiger partial charge >= 0.3 is 0 Å². The summed E-state index contributed by atoms with van der Waals surface area (Å²) < 4.78 is 11.0. The van der Waals surface area contributed by atoms with Crippen LogP contribution in [-0.2, 0) is 11.2 Å². The number of ether oxygens (including phenoxy) is 2. The van der Waals surface area contributed by atoms with Crippen LogP contribution >= 0.6 is 15.9 Å². The third-order valence-corrected chi connectivity index (χ3v) is 4.83. The minimum atomic E-state index is -0.480. The van der Waals surface area contributed by atoms with Gasteiger partial charge in [-0.2, -0.15) is 0 Å². The molecule has 140 valence electrons. The highest BCUT2D eigenvalue weighted by atomic mass is 79.9. The summed E-state index contributed by atoms with van der Waals surface area (Å²) >= 11 is 3.35. The van der Waals surface area contributed by atoms with E-state index in [1.54, 1.807) is 18.3 Å². The molecule has 0 saturated heterocycles. The number of methoxy groups -OCH3 is 2. The van der Waals surface area contributed by atoms with Crippen LogP contribution in [0.2, 0.25) is 0 Å². The number of carbonyl (C=O) groups excluding carboxylic acids is 2. The molecule has 0 aliphatic carbocycles. The van der Waals surface area contributed by atoms with Crippen molar-refractivity contribution in [3.63, 3.8) is 0 Å². The molecule has 2 aromatic carbocycles. The molecule has 1 aromatic heterocycles. The van der Waals surface area contributed by atoms with Gasteiger partial charge in [-0.3, -0.25) is 20.4 Å². The highest BCUT2D eigenvalue weighted by Gasteiger charge is 2.15. The number of benzene rings is 2. The van der Waals surface area contributed by atoms with Crippen LogP contribution in [0.3, 0.4) is 0 Å². The monoisotopic (exact) mass is 431 g/mol. The highest BCUT2D eigenvalue weighted by molar-refractivity contribution is 9.10. The van der Waals surface area contributed by atoms with Crippen LogP contribution in [0.25, 0.3) is 10.9 Å². The summed E-state index contributed by atoms with van der Waals surface area (Å²) in [6.07, 6.45) is 1.92. The summed E-state index contributed by atoms with van der Waals surface area (Å²) in [4.78, 5) is 27.7. The van der Waals surface area contributed by atoms with Gasteiger partial charge in [0.15, 0.2) is 0 Å². The topological polar surface area (TPSA) is 92.5 Å². The van der Waals surface area contributed by atoms with Gasteiger partial charge < -0.3 is 14.5 Å². The number of aromatic nitrogens is 1. The molecule has 2 amide bonds. The Morgan fingerprint density at radius 1 is 1.07 bits per heavy atom. The Morgan fingerprint density at radius 2 is 1.74 bits per heavy atom. The van der Waals surface area contributed by atoms with Crippen LogP contribution in [0.1, 0.15) is 15.9 Å². The lowest BCUT2D eigenvalue weighted by molar-refractivity contribution is -0.121. The van der Waals surface area contributed by atoms with E-state index in [0.29, 0.717) is 21.5 Å². The molecular weight excluding hydrogens is 414 g/mol. The number of halogens is 1. The molecule has 3 rings (SSSR count). The van der Waals surface area contributed by atoms with E-state index in [2.05, 4.69) is 31.8 Å². The maximum absolute atomic E-state index is 12.4. The van der Waals surface area contributed by atoms with Crippen molar-refractivity contribution in [1.29, 1.82) is 0 Å².